The fourth-order valence-corrected chi connectivity index (χ4v) is 5.38. The lowest BCUT2D eigenvalue weighted by Gasteiger charge is -2.20. The second-order valence-electron chi connectivity index (χ2n) is 4.43. The van der Waals surface area contributed by atoms with Crippen LogP contribution in [-0.2, 0) is 16.6 Å². The molecule has 0 saturated carbocycles. The molecule has 7 heteroatoms. The Morgan fingerprint density at radius 2 is 2.10 bits per heavy atom. The van der Waals surface area contributed by atoms with E-state index in [4.69, 9.17) is 10.8 Å². The summed E-state index contributed by atoms with van der Waals surface area (Å²) in [5.74, 6) is 0. The van der Waals surface area contributed by atoms with E-state index in [2.05, 4.69) is 6.58 Å². The van der Waals surface area contributed by atoms with Gasteiger partial charge in [-0.05, 0) is 6.07 Å². The molecule has 0 amide bonds. The van der Waals surface area contributed by atoms with Crippen LogP contribution in [0.4, 0.5) is 0 Å². The molecule has 0 unspecified atom stereocenters. The fourth-order valence-electron chi connectivity index (χ4n) is 2.18. The van der Waals surface area contributed by atoms with Crippen LogP contribution in [0, 0.1) is 0 Å². The van der Waals surface area contributed by atoms with Crippen molar-refractivity contribution in [1.82, 2.24) is 4.31 Å². The summed E-state index contributed by atoms with van der Waals surface area (Å²) in [6.45, 7) is 3.67. The molecular weight excluding hydrogens is 308 g/mol. The van der Waals surface area contributed by atoms with Crippen LogP contribution in [0.5, 0.6) is 0 Å². The Bertz CT molecular complexity index is 738. The van der Waals surface area contributed by atoms with Crippen molar-refractivity contribution < 1.29 is 13.5 Å². The van der Waals surface area contributed by atoms with Crippen molar-refractivity contribution in [2.45, 2.75) is 11.4 Å². The maximum atomic E-state index is 12.9. The molecule has 2 aromatic rings. The Morgan fingerprint density at radius 3 is 2.71 bits per heavy atom. The Morgan fingerprint density at radius 1 is 1.38 bits per heavy atom. The molecule has 2 rings (SSSR count). The summed E-state index contributed by atoms with van der Waals surface area (Å²) in [5, 5.41) is 9.78. The number of hydrogen-bond donors (Lipinski definition) is 2. The van der Waals surface area contributed by atoms with Crippen LogP contribution in [-0.4, -0.2) is 37.5 Å². The number of sulfonamides is 1. The minimum Gasteiger partial charge on any atom is -0.395 e. The van der Waals surface area contributed by atoms with E-state index in [1.165, 1.54) is 21.7 Å². The maximum Gasteiger partial charge on any atom is 0.245 e. The van der Waals surface area contributed by atoms with Crippen LogP contribution < -0.4 is 5.73 Å². The van der Waals surface area contributed by atoms with E-state index in [0.29, 0.717) is 10.3 Å². The molecule has 0 bridgehead atoms. The molecule has 1 heterocycles. The van der Waals surface area contributed by atoms with Crippen molar-refractivity contribution in [3.8, 4) is 0 Å². The average molecular weight is 326 g/mol. The first kappa shape index (κ1) is 16.1. The lowest BCUT2D eigenvalue weighted by Crippen LogP contribution is -2.34. The smallest absolute Gasteiger partial charge is 0.245 e. The van der Waals surface area contributed by atoms with Gasteiger partial charge >= 0.3 is 0 Å². The van der Waals surface area contributed by atoms with Gasteiger partial charge in [0.15, 0.2) is 0 Å². The first-order valence-electron chi connectivity index (χ1n) is 6.48. The number of hydrogen-bond acceptors (Lipinski definition) is 5. The summed E-state index contributed by atoms with van der Waals surface area (Å²) in [6, 6.07) is 7.33. The van der Waals surface area contributed by atoms with E-state index in [-0.39, 0.29) is 31.1 Å². The average Bonchev–Trinajstić information content (AvgIpc) is 2.86. The zero-order valence-electron chi connectivity index (χ0n) is 11.5. The van der Waals surface area contributed by atoms with E-state index < -0.39 is 10.0 Å². The fraction of sp³-hybridized carbons (Fsp3) is 0.286. The number of nitrogens with zero attached hydrogens (tertiary/aromatic N) is 1. The zero-order chi connectivity index (χ0) is 15.5. The number of thiophene rings is 1. The second kappa shape index (κ2) is 6.67. The first-order chi connectivity index (χ1) is 10.1. The van der Waals surface area contributed by atoms with Gasteiger partial charge in [0.2, 0.25) is 10.0 Å². The number of aliphatic hydroxyl groups is 1. The minimum absolute atomic E-state index is 0.0303. The predicted molar refractivity (Wildman–Crippen MR) is 85.8 cm³/mol. The number of aliphatic hydroxyl groups excluding tert-OH is 1. The zero-order valence-corrected chi connectivity index (χ0v) is 13.2. The highest BCUT2D eigenvalue weighted by atomic mass is 32.2. The summed E-state index contributed by atoms with van der Waals surface area (Å²) >= 11 is 1.39. The van der Waals surface area contributed by atoms with Crippen LogP contribution in [0.3, 0.4) is 0 Å². The molecule has 0 saturated heterocycles. The van der Waals surface area contributed by atoms with Gasteiger partial charge in [0.25, 0.3) is 0 Å². The molecule has 3 N–H and O–H groups in total. The Hall–Kier alpha value is -1.25. The number of fused-ring (bicyclic) bond motifs is 1. The van der Waals surface area contributed by atoms with Crippen molar-refractivity contribution in [3.63, 3.8) is 0 Å². The normalized spacial score (nSPS) is 12.1. The molecule has 0 aliphatic heterocycles. The van der Waals surface area contributed by atoms with Gasteiger partial charge in [0.1, 0.15) is 4.90 Å². The van der Waals surface area contributed by atoms with Crippen molar-refractivity contribution in [1.29, 1.82) is 0 Å². The van der Waals surface area contributed by atoms with E-state index in [1.807, 2.05) is 12.1 Å². The molecule has 0 radical (unpaired) electrons. The van der Waals surface area contributed by atoms with Crippen LogP contribution in [0.15, 0.2) is 41.8 Å². The monoisotopic (exact) mass is 326 g/mol. The summed E-state index contributed by atoms with van der Waals surface area (Å²) in [7, 11) is -3.72. The quantitative estimate of drug-likeness (QED) is 0.756. The molecule has 0 aliphatic rings. The summed E-state index contributed by atoms with van der Waals surface area (Å²) in [6.07, 6.45) is 1.50. The third kappa shape index (κ3) is 3.02. The third-order valence-electron chi connectivity index (χ3n) is 3.08. The van der Waals surface area contributed by atoms with Gasteiger partial charge in [-0.3, -0.25) is 0 Å². The highest BCUT2D eigenvalue weighted by Crippen LogP contribution is 2.36. The largest absolute Gasteiger partial charge is 0.395 e. The van der Waals surface area contributed by atoms with E-state index in [0.717, 1.165) is 4.70 Å². The first-order valence-corrected chi connectivity index (χ1v) is 8.74. The van der Waals surface area contributed by atoms with Crippen molar-refractivity contribution in [2.75, 3.05) is 19.7 Å². The molecule has 1 aromatic carbocycles. The van der Waals surface area contributed by atoms with Crippen LogP contribution in [0.1, 0.15) is 4.88 Å². The number of nitrogens with two attached hydrogens (primary N) is 1. The van der Waals surface area contributed by atoms with Crippen molar-refractivity contribution in [3.05, 3.63) is 41.8 Å². The highest BCUT2D eigenvalue weighted by molar-refractivity contribution is 7.89. The van der Waals surface area contributed by atoms with E-state index in [9.17, 15) is 8.42 Å². The molecular formula is C14H18N2O3S2. The van der Waals surface area contributed by atoms with Crippen molar-refractivity contribution in [2.24, 2.45) is 5.73 Å². The molecule has 0 spiro atoms. The van der Waals surface area contributed by atoms with Crippen LogP contribution >= 0.6 is 11.3 Å². The second-order valence-corrected chi connectivity index (χ2v) is 7.44. The van der Waals surface area contributed by atoms with Gasteiger partial charge in [-0.1, -0.05) is 24.3 Å². The molecule has 114 valence electrons. The molecule has 5 nitrogen and oxygen atoms in total. The summed E-state index contributed by atoms with van der Waals surface area (Å²) < 4.78 is 27.9. The van der Waals surface area contributed by atoms with Gasteiger partial charge in [-0.2, -0.15) is 4.31 Å². The standard InChI is InChI=1S/C14H18N2O3S2/c1-2-7-16(8-9-17)21(18,19)14-11-5-3-4-6-12(11)20-13(14)10-15/h2-6,17H,1,7-10,15H2. The molecule has 0 atom stereocenters. The van der Waals surface area contributed by atoms with Crippen molar-refractivity contribution >= 4 is 31.4 Å². The van der Waals surface area contributed by atoms with E-state index in [1.54, 1.807) is 12.1 Å². The van der Waals surface area contributed by atoms with Gasteiger partial charge in [0.05, 0.1) is 6.61 Å². The predicted octanol–water partition coefficient (Wildman–Crippen LogP) is 1.53. The topological polar surface area (TPSA) is 83.6 Å². The molecule has 0 aliphatic carbocycles. The lowest BCUT2D eigenvalue weighted by molar-refractivity contribution is 0.260. The number of rotatable bonds is 7. The van der Waals surface area contributed by atoms with Gasteiger partial charge in [-0.15, -0.1) is 17.9 Å². The Kier molecular flexibility index (Phi) is 5.13. The third-order valence-corrected chi connectivity index (χ3v) is 6.40. The maximum absolute atomic E-state index is 12.9. The van der Waals surface area contributed by atoms with Crippen LogP contribution in [0.2, 0.25) is 0 Å². The van der Waals surface area contributed by atoms with Gasteiger partial charge < -0.3 is 10.8 Å². The highest BCUT2D eigenvalue weighted by Gasteiger charge is 2.29. The minimum atomic E-state index is -3.72. The van der Waals surface area contributed by atoms with Gasteiger partial charge in [-0.25, -0.2) is 8.42 Å². The Balaban J connectivity index is 2.65. The molecule has 0 fully saturated rings. The lowest BCUT2D eigenvalue weighted by atomic mass is 10.2. The molecule has 1 aromatic heterocycles. The number of benzene rings is 1. The molecule has 21 heavy (non-hydrogen) atoms. The summed E-state index contributed by atoms with van der Waals surface area (Å²) in [4.78, 5) is 0.879. The SMILES string of the molecule is C=CCN(CCO)S(=O)(=O)c1c(CN)sc2ccccc12. The van der Waals surface area contributed by atoms with E-state index >= 15 is 0 Å². The van der Waals surface area contributed by atoms with Crippen LogP contribution in [0.25, 0.3) is 10.1 Å². The van der Waals surface area contributed by atoms with Gasteiger partial charge in [0, 0.05) is 34.6 Å². The Labute approximate surface area is 128 Å². The summed E-state index contributed by atoms with van der Waals surface area (Å²) in [5.41, 5.74) is 5.72.